The Morgan fingerprint density at radius 2 is 2.00 bits per heavy atom. The van der Waals surface area contributed by atoms with E-state index in [1.165, 1.54) is 0 Å². The number of aryl methyl sites for hydroxylation is 1. The SMILES string of the molecule is COCCc1nc(C)cc(CNC(C)(C)C)n1. The number of aromatic nitrogens is 2. The van der Waals surface area contributed by atoms with Crippen molar-refractivity contribution in [1.29, 1.82) is 0 Å². The lowest BCUT2D eigenvalue weighted by Crippen LogP contribution is -2.35. The summed E-state index contributed by atoms with van der Waals surface area (Å²) in [5, 5.41) is 3.43. The zero-order valence-corrected chi connectivity index (χ0v) is 11.5. The number of nitrogens with one attached hydrogen (secondary N) is 1. The molecule has 0 aromatic carbocycles. The van der Waals surface area contributed by atoms with Gasteiger partial charge in [0.25, 0.3) is 0 Å². The topological polar surface area (TPSA) is 47.0 Å². The van der Waals surface area contributed by atoms with E-state index in [0.29, 0.717) is 6.61 Å². The predicted molar refractivity (Wildman–Crippen MR) is 68.9 cm³/mol. The molecule has 0 aliphatic heterocycles. The molecule has 0 fully saturated rings. The molecule has 0 amide bonds. The van der Waals surface area contributed by atoms with E-state index in [-0.39, 0.29) is 5.54 Å². The van der Waals surface area contributed by atoms with Gasteiger partial charge in [-0.2, -0.15) is 0 Å². The summed E-state index contributed by atoms with van der Waals surface area (Å²) in [4.78, 5) is 8.92. The lowest BCUT2D eigenvalue weighted by Gasteiger charge is -2.20. The van der Waals surface area contributed by atoms with Gasteiger partial charge in [-0.1, -0.05) is 0 Å². The quantitative estimate of drug-likeness (QED) is 0.849. The van der Waals surface area contributed by atoms with Crippen molar-refractivity contribution < 1.29 is 4.74 Å². The first-order valence-electron chi connectivity index (χ1n) is 5.98. The molecule has 0 spiro atoms. The van der Waals surface area contributed by atoms with Gasteiger partial charge in [0.1, 0.15) is 5.82 Å². The van der Waals surface area contributed by atoms with Crippen molar-refractivity contribution in [3.05, 3.63) is 23.3 Å². The van der Waals surface area contributed by atoms with Gasteiger partial charge < -0.3 is 10.1 Å². The molecule has 1 heterocycles. The van der Waals surface area contributed by atoms with Crippen molar-refractivity contribution in [3.63, 3.8) is 0 Å². The normalized spacial score (nSPS) is 11.8. The Morgan fingerprint density at radius 3 is 2.59 bits per heavy atom. The van der Waals surface area contributed by atoms with Crippen molar-refractivity contribution in [2.24, 2.45) is 0 Å². The van der Waals surface area contributed by atoms with Crippen LogP contribution in [0.25, 0.3) is 0 Å². The standard InChI is InChI=1S/C13H23N3O/c1-10-8-11(9-14-13(2,3)4)16-12(15-10)6-7-17-5/h8,14H,6-7,9H2,1-5H3. The molecule has 0 atom stereocenters. The van der Waals surface area contributed by atoms with E-state index in [1.807, 2.05) is 13.0 Å². The monoisotopic (exact) mass is 237 g/mol. The van der Waals surface area contributed by atoms with Crippen LogP contribution in [0.2, 0.25) is 0 Å². The van der Waals surface area contributed by atoms with Crippen LogP contribution in [-0.4, -0.2) is 29.2 Å². The van der Waals surface area contributed by atoms with E-state index >= 15 is 0 Å². The smallest absolute Gasteiger partial charge is 0.131 e. The second-order valence-electron chi connectivity index (χ2n) is 5.26. The van der Waals surface area contributed by atoms with Crippen molar-refractivity contribution in [1.82, 2.24) is 15.3 Å². The molecule has 0 saturated carbocycles. The Morgan fingerprint density at radius 1 is 1.29 bits per heavy atom. The zero-order valence-electron chi connectivity index (χ0n) is 11.5. The predicted octanol–water partition coefficient (Wildman–Crippen LogP) is 1.86. The maximum Gasteiger partial charge on any atom is 0.131 e. The van der Waals surface area contributed by atoms with Gasteiger partial charge in [0.05, 0.1) is 12.3 Å². The molecule has 0 aliphatic rings. The highest BCUT2D eigenvalue weighted by molar-refractivity contribution is 5.10. The molecular formula is C13H23N3O. The van der Waals surface area contributed by atoms with Crippen molar-refractivity contribution in [3.8, 4) is 0 Å². The van der Waals surface area contributed by atoms with Crippen LogP contribution in [-0.2, 0) is 17.7 Å². The van der Waals surface area contributed by atoms with Crippen molar-refractivity contribution >= 4 is 0 Å². The van der Waals surface area contributed by atoms with Gasteiger partial charge in [-0.05, 0) is 33.8 Å². The fourth-order valence-electron chi connectivity index (χ4n) is 1.45. The third-order valence-electron chi connectivity index (χ3n) is 2.28. The highest BCUT2D eigenvalue weighted by Gasteiger charge is 2.10. The molecule has 1 N–H and O–H groups in total. The van der Waals surface area contributed by atoms with Gasteiger partial charge >= 0.3 is 0 Å². The third kappa shape index (κ3) is 5.75. The molecule has 17 heavy (non-hydrogen) atoms. The van der Waals surface area contributed by atoms with E-state index in [9.17, 15) is 0 Å². The minimum Gasteiger partial charge on any atom is -0.384 e. The van der Waals surface area contributed by atoms with Crippen LogP contribution >= 0.6 is 0 Å². The molecule has 1 aromatic rings. The Labute approximate surface area is 104 Å². The molecule has 1 rings (SSSR count). The van der Waals surface area contributed by atoms with E-state index in [1.54, 1.807) is 7.11 Å². The Hall–Kier alpha value is -1.00. The van der Waals surface area contributed by atoms with Gasteiger partial charge in [0.15, 0.2) is 0 Å². The van der Waals surface area contributed by atoms with Crippen LogP contribution in [0.3, 0.4) is 0 Å². The zero-order chi connectivity index (χ0) is 12.9. The molecule has 0 unspecified atom stereocenters. The molecule has 0 radical (unpaired) electrons. The molecular weight excluding hydrogens is 214 g/mol. The fourth-order valence-corrected chi connectivity index (χ4v) is 1.45. The average Bonchev–Trinajstić information content (AvgIpc) is 2.22. The highest BCUT2D eigenvalue weighted by atomic mass is 16.5. The molecule has 0 saturated heterocycles. The summed E-state index contributed by atoms with van der Waals surface area (Å²) < 4.78 is 5.04. The first-order valence-corrected chi connectivity index (χ1v) is 5.98. The fraction of sp³-hybridized carbons (Fsp3) is 0.692. The summed E-state index contributed by atoms with van der Waals surface area (Å²) in [6.45, 7) is 9.87. The molecule has 0 bridgehead atoms. The first-order chi connectivity index (χ1) is 7.90. The summed E-state index contributed by atoms with van der Waals surface area (Å²) in [5.74, 6) is 0.859. The van der Waals surface area contributed by atoms with Gasteiger partial charge in [-0.15, -0.1) is 0 Å². The maximum absolute atomic E-state index is 5.04. The lowest BCUT2D eigenvalue weighted by molar-refractivity contribution is 0.200. The minimum absolute atomic E-state index is 0.103. The Bertz CT molecular complexity index is 358. The van der Waals surface area contributed by atoms with Crippen LogP contribution < -0.4 is 5.32 Å². The largest absolute Gasteiger partial charge is 0.384 e. The molecule has 0 aliphatic carbocycles. The van der Waals surface area contributed by atoms with Crippen molar-refractivity contribution in [2.45, 2.75) is 46.2 Å². The average molecular weight is 237 g/mol. The van der Waals surface area contributed by atoms with Crippen LogP contribution in [0, 0.1) is 6.92 Å². The third-order valence-corrected chi connectivity index (χ3v) is 2.28. The number of hydrogen-bond donors (Lipinski definition) is 1. The lowest BCUT2D eigenvalue weighted by atomic mass is 10.1. The van der Waals surface area contributed by atoms with Crippen molar-refractivity contribution in [2.75, 3.05) is 13.7 Å². The van der Waals surface area contributed by atoms with Gasteiger partial charge in [-0.3, -0.25) is 0 Å². The summed E-state index contributed by atoms with van der Waals surface area (Å²) in [5.41, 5.74) is 2.15. The van der Waals surface area contributed by atoms with Gasteiger partial charge in [-0.25, -0.2) is 9.97 Å². The first kappa shape index (κ1) is 14.1. The van der Waals surface area contributed by atoms with E-state index in [2.05, 4.69) is 36.1 Å². The molecule has 1 aromatic heterocycles. The van der Waals surface area contributed by atoms with Crippen LogP contribution in [0.5, 0.6) is 0 Å². The highest BCUT2D eigenvalue weighted by Crippen LogP contribution is 2.05. The molecule has 4 heteroatoms. The van der Waals surface area contributed by atoms with Gasteiger partial charge in [0, 0.05) is 31.3 Å². The van der Waals surface area contributed by atoms with Crippen LogP contribution in [0.1, 0.15) is 38.0 Å². The Kier molecular flexibility index (Phi) is 5.02. The summed E-state index contributed by atoms with van der Waals surface area (Å²) >= 11 is 0. The van der Waals surface area contributed by atoms with Crippen LogP contribution in [0.15, 0.2) is 6.07 Å². The molecule has 4 nitrogen and oxygen atoms in total. The summed E-state index contributed by atoms with van der Waals surface area (Å²) in [6.07, 6.45) is 0.765. The summed E-state index contributed by atoms with van der Waals surface area (Å²) in [7, 11) is 1.69. The summed E-state index contributed by atoms with van der Waals surface area (Å²) in [6, 6.07) is 2.02. The maximum atomic E-state index is 5.04. The minimum atomic E-state index is 0.103. The van der Waals surface area contributed by atoms with E-state index < -0.39 is 0 Å². The number of hydrogen-bond acceptors (Lipinski definition) is 4. The van der Waals surface area contributed by atoms with Crippen LogP contribution in [0.4, 0.5) is 0 Å². The van der Waals surface area contributed by atoms with Gasteiger partial charge in [0.2, 0.25) is 0 Å². The Balaban J connectivity index is 2.68. The second-order valence-corrected chi connectivity index (χ2v) is 5.26. The number of methoxy groups -OCH3 is 1. The number of nitrogens with zero attached hydrogens (tertiary/aromatic N) is 2. The number of rotatable bonds is 5. The van der Waals surface area contributed by atoms with E-state index in [4.69, 9.17) is 4.74 Å². The van der Waals surface area contributed by atoms with E-state index in [0.717, 1.165) is 30.2 Å². The second kappa shape index (κ2) is 6.07. The molecule has 96 valence electrons. The number of ether oxygens (including phenoxy) is 1.